The molecule has 2 rings (SSSR count). The topological polar surface area (TPSA) is 47.0 Å². The molecule has 4 heteroatoms. The molecule has 0 amide bonds. The van der Waals surface area contributed by atoms with Crippen LogP contribution >= 0.6 is 0 Å². The second kappa shape index (κ2) is 6.69. The van der Waals surface area contributed by atoms with Crippen molar-refractivity contribution in [2.75, 3.05) is 6.54 Å². The fourth-order valence-electron chi connectivity index (χ4n) is 2.26. The van der Waals surface area contributed by atoms with Crippen LogP contribution in [0.3, 0.4) is 0 Å². The zero-order chi connectivity index (χ0) is 12.8. The highest BCUT2D eigenvalue weighted by Crippen LogP contribution is 2.22. The van der Waals surface area contributed by atoms with E-state index in [9.17, 15) is 0 Å². The van der Waals surface area contributed by atoms with E-state index in [0.29, 0.717) is 12.1 Å². The van der Waals surface area contributed by atoms with Crippen molar-refractivity contribution in [1.29, 1.82) is 0 Å². The minimum Gasteiger partial charge on any atom is -0.460 e. The van der Waals surface area contributed by atoms with Gasteiger partial charge in [0.25, 0.3) is 0 Å². The molecular weight excluding hydrogens is 226 g/mol. The highest BCUT2D eigenvalue weighted by Gasteiger charge is 2.17. The van der Waals surface area contributed by atoms with E-state index in [-0.39, 0.29) is 0 Å². The molecule has 0 bridgehead atoms. The maximum absolute atomic E-state index is 5.79. The highest BCUT2D eigenvalue weighted by atomic mass is 16.5. The number of nitrogens with one attached hydrogen (secondary N) is 1. The standard InChI is InChI=1S/C14H23N3O/c1-3-8-15-9-12-10-16-14(17-11(12)2)18-13-6-4-5-7-13/h10,13,15H,3-9H2,1-2H3. The van der Waals surface area contributed by atoms with Crippen molar-refractivity contribution >= 4 is 0 Å². The fraction of sp³-hybridized carbons (Fsp3) is 0.714. The van der Waals surface area contributed by atoms with Gasteiger partial charge in [0.1, 0.15) is 6.10 Å². The Morgan fingerprint density at radius 2 is 2.17 bits per heavy atom. The lowest BCUT2D eigenvalue weighted by atomic mass is 10.2. The lowest BCUT2D eigenvalue weighted by Gasteiger charge is -2.12. The van der Waals surface area contributed by atoms with Crippen molar-refractivity contribution in [3.63, 3.8) is 0 Å². The summed E-state index contributed by atoms with van der Waals surface area (Å²) in [7, 11) is 0. The molecule has 1 aliphatic rings. The van der Waals surface area contributed by atoms with Gasteiger partial charge in [-0.15, -0.1) is 0 Å². The van der Waals surface area contributed by atoms with E-state index in [1.165, 1.54) is 12.8 Å². The first kappa shape index (κ1) is 13.3. The maximum Gasteiger partial charge on any atom is 0.316 e. The molecule has 0 radical (unpaired) electrons. The molecule has 18 heavy (non-hydrogen) atoms. The molecule has 1 aromatic heterocycles. The SMILES string of the molecule is CCCNCc1cnc(OC2CCCC2)nc1C. The Bertz CT molecular complexity index is 375. The molecule has 1 fully saturated rings. The van der Waals surface area contributed by atoms with Gasteiger partial charge in [-0.05, 0) is 45.6 Å². The average Bonchev–Trinajstić information content (AvgIpc) is 2.85. The average molecular weight is 249 g/mol. The van der Waals surface area contributed by atoms with Gasteiger partial charge in [-0.25, -0.2) is 9.97 Å². The Labute approximate surface area is 109 Å². The monoisotopic (exact) mass is 249 g/mol. The van der Waals surface area contributed by atoms with Crippen LogP contribution in [-0.2, 0) is 6.54 Å². The van der Waals surface area contributed by atoms with Crippen LogP contribution in [0.4, 0.5) is 0 Å². The molecule has 1 N–H and O–H groups in total. The third-order valence-electron chi connectivity index (χ3n) is 3.38. The van der Waals surface area contributed by atoms with E-state index in [2.05, 4.69) is 22.2 Å². The van der Waals surface area contributed by atoms with Gasteiger partial charge in [-0.2, -0.15) is 0 Å². The minimum absolute atomic E-state index is 0.327. The number of ether oxygens (including phenoxy) is 1. The highest BCUT2D eigenvalue weighted by molar-refractivity contribution is 5.17. The van der Waals surface area contributed by atoms with Crippen molar-refractivity contribution < 1.29 is 4.74 Å². The summed E-state index contributed by atoms with van der Waals surface area (Å²) in [6.07, 6.45) is 8.17. The van der Waals surface area contributed by atoms with Crippen molar-refractivity contribution in [1.82, 2.24) is 15.3 Å². The Kier molecular flexibility index (Phi) is 4.93. The van der Waals surface area contributed by atoms with Gasteiger partial charge in [0.2, 0.25) is 0 Å². The Balaban J connectivity index is 1.91. The van der Waals surface area contributed by atoms with Gasteiger partial charge in [0.15, 0.2) is 0 Å². The van der Waals surface area contributed by atoms with Gasteiger partial charge in [0.05, 0.1) is 0 Å². The number of nitrogens with zero attached hydrogens (tertiary/aromatic N) is 2. The van der Waals surface area contributed by atoms with Gasteiger partial charge < -0.3 is 10.1 Å². The van der Waals surface area contributed by atoms with Crippen LogP contribution in [-0.4, -0.2) is 22.6 Å². The van der Waals surface area contributed by atoms with Gasteiger partial charge in [-0.3, -0.25) is 0 Å². The molecule has 0 unspecified atom stereocenters. The number of hydrogen-bond donors (Lipinski definition) is 1. The molecule has 100 valence electrons. The van der Waals surface area contributed by atoms with Crippen LogP contribution in [0.1, 0.15) is 50.3 Å². The third-order valence-corrected chi connectivity index (χ3v) is 3.38. The molecule has 1 heterocycles. The van der Waals surface area contributed by atoms with Crippen LogP contribution in [0, 0.1) is 6.92 Å². The van der Waals surface area contributed by atoms with Crippen LogP contribution in [0.5, 0.6) is 6.01 Å². The quantitative estimate of drug-likeness (QED) is 0.787. The van der Waals surface area contributed by atoms with Crippen molar-refractivity contribution in [3.8, 4) is 6.01 Å². The molecule has 0 saturated heterocycles. The smallest absolute Gasteiger partial charge is 0.316 e. The summed E-state index contributed by atoms with van der Waals surface area (Å²) in [5, 5.41) is 3.36. The predicted octanol–water partition coefficient (Wildman–Crippen LogP) is 2.61. The summed E-state index contributed by atoms with van der Waals surface area (Å²) in [6.45, 7) is 6.05. The maximum atomic E-state index is 5.79. The molecule has 0 aromatic carbocycles. The van der Waals surface area contributed by atoms with Crippen LogP contribution < -0.4 is 10.1 Å². The summed E-state index contributed by atoms with van der Waals surface area (Å²) in [6, 6.07) is 0.540. The zero-order valence-corrected chi connectivity index (χ0v) is 11.4. The molecule has 1 saturated carbocycles. The van der Waals surface area contributed by atoms with Gasteiger partial charge >= 0.3 is 6.01 Å². The minimum atomic E-state index is 0.327. The first-order valence-electron chi connectivity index (χ1n) is 6.99. The van der Waals surface area contributed by atoms with Crippen LogP contribution in [0.2, 0.25) is 0 Å². The van der Waals surface area contributed by atoms with Crippen LogP contribution in [0.25, 0.3) is 0 Å². The molecule has 1 aromatic rings. The van der Waals surface area contributed by atoms with E-state index in [1.54, 1.807) is 0 Å². The third kappa shape index (κ3) is 3.67. The van der Waals surface area contributed by atoms with Crippen molar-refractivity contribution in [3.05, 3.63) is 17.5 Å². The Morgan fingerprint density at radius 3 is 2.83 bits per heavy atom. The van der Waals surface area contributed by atoms with Crippen molar-refractivity contribution in [2.24, 2.45) is 0 Å². The second-order valence-corrected chi connectivity index (χ2v) is 4.96. The summed E-state index contributed by atoms with van der Waals surface area (Å²) < 4.78 is 5.79. The summed E-state index contributed by atoms with van der Waals surface area (Å²) in [5.41, 5.74) is 2.17. The lowest BCUT2D eigenvalue weighted by Crippen LogP contribution is -2.17. The predicted molar refractivity (Wildman–Crippen MR) is 71.7 cm³/mol. The lowest BCUT2D eigenvalue weighted by molar-refractivity contribution is 0.191. The Hall–Kier alpha value is -1.16. The summed E-state index contributed by atoms with van der Waals surface area (Å²) in [4.78, 5) is 8.75. The van der Waals surface area contributed by atoms with E-state index >= 15 is 0 Å². The number of hydrogen-bond acceptors (Lipinski definition) is 4. The summed E-state index contributed by atoms with van der Waals surface area (Å²) in [5.74, 6) is 0. The molecule has 1 aliphatic carbocycles. The first-order valence-corrected chi connectivity index (χ1v) is 6.99. The molecule has 0 spiro atoms. The molecule has 0 aliphatic heterocycles. The number of rotatable bonds is 6. The first-order chi connectivity index (χ1) is 8.79. The van der Waals surface area contributed by atoms with Gasteiger partial charge in [-0.1, -0.05) is 6.92 Å². The normalized spacial score (nSPS) is 16.1. The van der Waals surface area contributed by atoms with Crippen LogP contribution in [0.15, 0.2) is 6.20 Å². The number of aromatic nitrogens is 2. The molecule has 0 atom stereocenters. The fourth-order valence-corrected chi connectivity index (χ4v) is 2.26. The molecular formula is C14H23N3O. The van der Waals surface area contributed by atoms with Gasteiger partial charge in [0, 0.05) is 24.0 Å². The van der Waals surface area contributed by atoms with E-state index < -0.39 is 0 Å². The zero-order valence-electron chi connectivity index (χ0n) is 11.4. The second-order valence-electron chi connectivity index (χ2n) is 4.96. The largest absolute Gasteiger partial charge is 0.460 e. The van der Waals surface area contributed by atoms with E-state index in [1.807, 2.05) is 13.1 Å². The molecule has 4 nitrogen and oxygen atoms in total. The number of aryl methyl sites for hydroxylation is 1. The van der Waals surface area contributed by atoms with E-state index in [0.717, 1.165) is 43.6 Å². The van der Waals surface area contributed by atoms with E-state index in [4.69, 9.17) is 4.74 Å². The summed E-state index contributed by atoms with van der Waals surface area (Å²) >= 11 is 0. The Morgan fingerprint density at radius 1 is 1.39 bits per heavy atom. The van der Waals surface area contributed by atoms with Crippen molar-refractivity contribution in [2.45, 2.75) is 58.6 Å².